The highest BCUT2D eigenvalue weighted by atomic mass is 16.3. The van der Waals surface area contributed by atoms with Crippen LogP contribution in [0.25, 0.3) is 10.9 Å². The van der Waals surface area contributed by atoms with E-state index in [0.717, 1.165) is 43.3 Å². The SMILES string of the molecule is Cc1nc(C2CC(O)C2)cc(N(C)CCn2ccc3ccccc32)n1. The van der Waals surface area contributed by atoms with E-state index in [4.69, 9.17) is 0 Å². The lowest BCUT2D eigenvalue weighted by molar-refractivity contribution is 0.0731. The van der Waals surface area contributed by atoms with Gasteiger partial charge in [0.25, 0.3) is 0 Å². The molecule has 0 atom stereocenters. The molecule has 1 aliphatic carbocycles. The van der Waals surface area contributed by atoms with Gasteiger partial charge >= 0.3 is 0 Å². The zero-order valence-corrected chi connectivity index (χ0v) is 14.8. The number of aryl methyl sites for hydroxylation is 1. The molecular formula is C20H24N4O. The number of aromatic nitrogens is 3. The van der Waals surface area contributed by atoms with E-state index in [9.17, 15) is 5.11 Å². The maximum atomic E-state index is 9.55. The first kappa shape index (κ1) is 16.1. The third-order valence-electron chi connectivity index (χ3n) is 5.12. The Balaban J connectivity index is 1.48. The smallest absolute Gasteiger partial charge is 0.132 e. The molecule has 2 heterocycles. The summed E-state index contributed by atoms with van der Waals surface area (Å²) in [5.41, 5.74) is 2.32. The molecule has 5 heteroatoms. The van der Waals surface area contributed by atoms with Crippen LogP contribution in [0.15, 0.2) is 42.6 Å². The number of rotatable bonds is 5. The molecule has 0 aliphatic heterocycles. The summed E-state index contributed by atoms with van der Waals surface area (Å²) in [5.74, 6) is 2.13. The predicted octanol–water partition coefficient (Wildman–Crippen LogP) is 3.11. The van der Waals surface area contributed by atoms with Crippen molar-refractivity contribution < 1.29 is 5.11 Å². The number of likely N-dealkylation sites (N-methyl/N-ethyl adjacent to an activating group) is 1. The lowest BCUT2D eigenvalue weighted by Gasteiger charge is -2.31. The number of aliphatic hydroxyl groups excluding tert-OH is 1. The van der Waals surface area contributed by atoms with Gasteiger partial charge in [-0.2, -0.15) is 0 Å². The van der Waals surface area contributed by atoms with E-state index in [-0.39, 0.29) is 6.10 Å². The van der Waals surface area contributed by atoms with Crippen LogP contribution >= 0.6 is 0 Å². The van der Waals surface area contributed by atoms with Gasteiger partial charge < -0.3 is 14.6 Å². The highest BCUT2D eigenvalue weighted by Gasteiger charge is 2.30. The van der Waals surface area contributed by atoms with Crippen LogP contribution in [-0.2, 0) is 6.54 Å². The highest BCUT2D eigenvalue weighted by molar-refractivity contribution is 5.79. The van der Waals surface area contributed by atoms with Crippen LogP contribution in [-0.4, -0.2) is 39.3 Å². The minimum absolute atomic E-state index is 0.163. The zero-order chi connectivity index (χ0) is 17.4. The first-order valence-corrected chi connectivity index (χ1v) is 8.89. The number of para-hydroxylation sites is 1. The first-order chi connectivity index (χ1) is 12.1. The Kier molecular flexibility index (Phi) is 4.17. The zero-order valence-electron chi connectivity index (χ0n) is 14.8. The van der Waals surface area contributed by atoms with Crippen molar-refractivity contribution in [3.05, 3.63) is 54.1 Å². The Morgan fingerprint density at radius 3 is 2.80 bits per heavy atom. The maximum Gasteiger partial charge on any atom is 0.132 e. The van der Waals surface area contributed by atoms with E-state index in [1.807, 2.05) is 6.92 Å². The van der Waals surface area contributed by atoms with E-state index >= 15 is 0 Å². The number of anilines is 1. The average Bonchev–Trinajstić information content (AvgIpc) is 2.99. The van der Waals surface area contributed by atoms with E-state index in [2.05, 4.69) is 69.1 Å². The van der Waals surface area contributed by atoms with Crippen LogP contribution in [0.5, 0.6) is 0 Å². The molecule has 5 nitrogen and oxygen atoms in total. The van der Waals surface area contributed by atoms with Gasteiger partial charge in [-0.3, -0.25) is 0 Å². The minimum atomic E-state index is -0.163. The van der Waals surface area contributed by atoms with E-state index in [0.29, 0.717) is 5.92 Å². The van der Waals surface area contributed by atoms with Crippen molar-refractivity contribution in [1.82, 2.24) is 14.5 Å². The van der Waals surface area contributed by atoms with Gasteiger partial charge in [0.15, 0.2) is 0 Å². The standard InChI is InChI=1S/C20H24N4O/c1-14-21-18(16-11-17(25)12-16)13-20(22-14)23(2)9-10-24-8-7-15-5-3-4-6-19(15)24/h3-8,13,16-17,25H,9-12H2,1-2H3. The number of hydrogen-bond donors (Lipinski definition) is 1. The van der Waals surface area contributed by atoms with Gasteiger partial charge in [0.2, 0.25) is 0 Å². The normalized spacial score (nSPS) is 19.8. The molecule has 0 amide bonds. The van der Waals surface area contributed by atoms with Gasteiger partial charge in [-0.1, -0.05) is 18.2 Å². The van der Waals surface area contributed by atoms with Crippen LogP contribution in [0.1, 0.15) is 30.3 Å². The topological polar surface area (TPSA) is 54.2 Å². The number of benzene rings is 1. The monoisotopic (exact) mass is 336 g/mol. The molecule has 0 unspecified atom stereocenters. The predicted molar refractivity (Wildman–Crippen MR) is 100.0 cm³/mol. The van der Waals surface area contributed by atoms with Crippen molar-refractivity contribution in [2.75, 3.05) is 18.5 Å². The Morgan fingerprint density at radius 1 is 1.20 bits per heavy atom. The molecule has 3 aromatic rings. The maximum absolute atomic E-state index is 9.55. The van der Waals surface area contributed by atoms with Crippen molar-refractivity contribution in [1.29, 1.82) is 0 Å². The van der Waals surface area contributed by atoms with E-state index in [1.54, 1.807) is 0 Å². The van der Waals surface area contributed by atoms with Gasteiger partial charge in [-0.15, -0.1) is 0 Å². The lowest BCUT2D eigenvalue weighted by atomic mass is 9.80. The van der Waals surface area contributed by atoms with Crippen LogP contribution in [0.4, 0.5) is 5.82 Å². The molecule has 0 radical (unpaired) electrons. The Labute approximate surface area is 147 Å². The summed E-state index contributed by atoms with van der Waals surface area (Å²) in [6, 6.07) is 12.7. The second-order valence-corrected chi connectivity index (χ2v) is 7.01. The molecule has 0 bridgehead atoms. The molecule has 1 aromatic carbocycles. The Hall–Kier alpha value is -2.40. The number of nitrogens with zero attached hydrogens (tertiary/aromatic N) is 4. The van der Waals surface area contributed by atoms with Gasteiger partial charge in [-0.25, -0.2) is 9.97 Å². The molecular weight excluding hydrogens is 312 g/mol. The summed E-state index contributed by atoms with van der Waals surface area (Å²) in [5, 5.41) is 10.8. The third-order valence-corrected chi connectivity index (χ3v) is 5.12. The first-order valence-electron chi connectivity index (χ1n) is 8.89. The number of hydrogen-bond acceptors (Lipinski definition) is 4. The van der Waals surface area contributed by atoms with Crippen LogP contribution in [0.3, 0.4) is 0 Å². The van der Waals surface area contributed by atoms with Crippen molar-refractivity contribution in [3.8, 4) is 0 Å². The molecule has 2 aromatic heterocycles. The van der Waals surface area contributed by atoms with Gasteiger partial charge in [-0.05, 0) is 37.3 Å². The van der Waals surface area contributed by atoms with Crippen molar-refractivity contribution in [2.24, 2.45) is 0 Å². The Bertz CT molecular complexity index is 882. The molecule has 1 N–H and O–H groups in total. The summed E-state index contributed by atoms with van der Waals surface area (Å²) in [6.07, 6.45) is 3.61. The molecule has 0 saturated heterocycles. The molecule has 25 heavy (non-hydrogen) atoms. The molecule has 4 rings (SSSR count). The van der Waals surface area contributed by atoms with Crippen LogP contribution in [0.2, 0.25) is 0 Å². The molecule has 0 spiro atoms. The second kappa shape index (κ2) is 6.48. The second-order valence-electron chi connectivity index (χ2n) is 7.01. The molecule has 130 valence electrons. The van der Waals surface area contributed by atoms with Crippen molar-refractivity contribution in [3.63, 3.8) is 0 Å². The van der Waals surface area contributed by atoms with Crippen molar-refractivity contribution in [2.45, 2.75) is 38.3 Å². The third kappa shape index (κ3) is 3.24. The van der Waals surface area contributed by atoms with Crippen LogP contribution < -0.4 is 4.90 Å². The fraction of sp³-hybridized carbons (Fsp3) is 0.400. The van der Waals surface area contributed by atoms with Gasteiger partial charge in [0.05, 0.1) is 6.10 Å². The number of fused-ring (bicyclic) bond motifs is 1. The summed E-state index contributed by atoms with van der Waals surface area (Å²) in [6.45, 7) is 3.72. The fourth-order valence-corrected chi connectivity index (χ4v) is 3.52. The van der Waals surface area contributed by atoms with E-state index in [1.165, 1.54) is 10.9 Å². The molecule has 1 saturated carbocycles. The summed E-state index contributed by atoms with van der Waals surface area (Å²) in [4.78, 5) is 11.4. The number of aliphatic hydroxyl groups is 1. The largest absolute Gasteiger partial charge is 0.393 e. The Morgan fingerprint density at radius 2 is 2.00 bits per heavy atom. The van der Waals surface area contributed by atoms with Crippen molar-refractivity contribution >= 4 is 16.7 Å². The van der Waals surface area contributed by atoms with E-state index < -0.39 is 0 Å². The summed E-state index contributed by atoms with van der Waals surface area (Å²) in [7, 11) is 2.08. The molecule has 1 aliphatic rings. The highest BCUT2D eigenvalue weighted by Crippen LogP contribution is 2.36. The minimum Gasteiger partial charge on any atom is -0.393 e. The van der Waals surface area contributed by atoms with Gasteiger partial charge in [0.1, 0.15) is 11.6 Å². The summed E-state index contributed by atoms with van der Waals surface area (Å²) >= 11 is 0. The fourth-order valence-electron chi connectivity index (χ4n) is 3.52. The summed E-state index contributed by atoms with van der Waals surface area (Å²) < 4.78 is 2.28. The van der Waals surface area contributed by atoms with Gasteiger partial charge in [0, 0.05) is 49.5 Å². The van der Waals surface area contributed by atoms with Crippen LogP contribution in [0, 0.1) is 6.92 Å². The lowest BCUT2D eigenvalue weighted by Crippen LogP contribution is -2.28. The average molecular weight is 336 g/mol. The molecule has 1 fully saturated rings. The quantitative estimate of drug-likeness (QED) is 0.778.